The fourth-order valence-corrected chi connectivity index (χ4v) is 2.74. The maximum Gasteiger partial charge on any atom is 0.334 e. The number of aliphatic carboxylic acids is 1. The van der Waals surface area contributed by atoms with E-state index >= 15 is 0 Å². The molecule has 21 heavy (non-hydrogen) atoms. The number of nitrogens with zero attached hydrogens (tertiary/aromatic N) is 1. The zero-order valence-electron chi connectivity index (χ0n) is 10.6. The number of ether oxygens (including phenoxy) is 1. The van der Waals surface area contributed by atoms with Crippen molar-refractivity contribution in [1.82, 2.24) is 4.72 Å². The van der Waals surface area contributed by atoms with Gasteiger partial charge < -0.3 is 9.84 Å². The average molecular weight is 339 g/mol. The number of hydrogen-bond acceptors (Lipinski definition) is 6. The number of nitro benzene ring substituents is 1. The number of nitro groups is 1. The highest BCUT2D eigenvalue weighted by molar-refractivity contribution is 7.89. The van der Waals surface area contributed by atoms with Crippen LogP contribution >= 0.6 is 11.6 Å². The summed E-state index contributed by atoms with van der Waals surface area (Å²) in [6.07, 6.45) is -1.41. The van der Waals surface area contributed by atoms with Gasteiger partial charge >= 0.3 is 5.97 Å². The van der Waals surface area contributed by atoms with E-state index < -0.39 is 44.1 Å². The number of hydrogen-bond donors (Lipinski definition) is 2. The molecule has 1 rings (SSSR count). The highest BCUT2D eigenvalue weighted by Gasteiger charge is 2.28. The molecule has 0 bridgehead atoms. The first kappa shape index (κ1) is 17.3. The Kier molecular flexibility index (Phi) is 5.61. The first-order valence-electron chi connectivity index (χ1n) is 5.38. The lowest BCUT2D eigenvalue weighted by molar-refractivity contribution is -0.387. The van der Waals surface area contributed by atoms with Crippen molar-refractivity contribution in [2.24, 2.45) is 0 Å². The van der Waals surface area contributed by atoms with Crippen LogP contribution in [0.2, 0.25) is 5.02 Å². The molecule has 1 aromatic carbocycles. The van der Waals surface area contributed by atoms with Crippen LogP contribution in [0.4, 0.5) is 5.69 Å². The number of methoxy groups -OCH3 is 1. The molecule has 0 fully saturated rings. The third-order valence-electron chi connectivity index (χ3n) is 2.43. The molecule has 0 saturated carbocycles. The van der Waals surface area contributed by atoms with Gasteiger partial charge in [-0.1, -0.05) is 11.6 Å². The van der Waals surface area contributed by atoms with Crippen molar-refractivity contribution in [2.75, 3.05) is 13.7 Å². The van der Waals surface area contributed by atoms with Gasteiger partial charge in [0.1, 0.15) is 0 Å². The minimum Gasteiger partial charge on any atom is -0.479 e. The lowest BCUT2D eigenvalue weighted by atomic mass is 10.3. The molecule has 1 atom stereocenters. The van der Waals surface area contributed by atoms with Crippen molar-refractivity contribution >= 4 is 33.3 Å². The van der Waals surface area contributed by atoms with Gasteiger partial charge in [0.2, 0.25) is 10.0 Å². The van der Waals surface area contributed by atoms with Crippen LogP contribution in [0.5, 0.6) is 0 Å². The van der Waals surface area contributed by atoms with E-state index in [-0.39, 0.29) is 5.02 Å². The maximum atomic E-state index is 12.0. The van der Waals surface area contributed by atoms with E-state index in [0.29, 0.717) is 0 Å². The van der Waals surface area contributed by atoms with Crippen LogP contribution in [0.25, 0.3) is 0 Å². The Bertz CT molecular complexity index is 661. The Balaban J connectivity index is 3.09. The van der Waals surface area contributed by atoms with Crippen LogP contribution in [-0.4, -0.2) is 44.2 Å². The molecule has 2 N–H and O–H groups in total. The van der Waals surface area contributed by atoms with Gasteiger partial charge in [0.05, 0.1) is 4.92 Å². The van der Waals surface area contributed by atoms with Crippen LogP contribution in [-0.2, 0) is 19.6 Å². The number of benzene rings is 1. The van der Waals surface area contributed by atoms with Crippen LogP contribution in [0.15, 0.2) is 23.1 Å². The molecule has 0 aromatic heterocycles. The van der Waals surface area contributed by atoms with Crippen LogP contribution in [0, 0.1) is 10.1 Å². The molecular weight excluding hydrogens is 328 g/mol. The van der Waals surface area contributed by atoms with Crippen molar-refractivity contribution in [3.63, 3.8) is 0 Å². The number of nitrogens with one attached hydrogen (secondary N) is 1. The van der Waals surface area contributed by atoms with E-state index in [0.717, 1.165) is 19.2 Å². The Labute approximate surface area is 124 Å². The summed E-state index contributed by atoms with van der Waals surface area (Å²) in [6.45, 7) is -0.575. The molecule has 0 amide bonds. The number of carbonyl (C=O) groups is 1. The van der Waals surface area contributed by atoms with Crippen molar-refractivity contribution in [2.45, 2.75) is 11.0 Å². The highest BCUT2D eigenvalue weighted by Crippen LogP contribution is 2.26. The van der Waals surface area contributed by atoms with E-state index in [2.05, 4.69) is 4.74 Å². The Morgan fingerprint density at radius 2 is 2.19 bits per heavy atom. The molecule has 11 heteroatoms. The third kappa shape index (κ3) is 4.36. The van der Waals surface area contributed by atoms with E-state index in [1.165, 1.54) is 6.07 Å². The molecule has 0 spiro atoms. The van der Waals surface area contributed by atoms with Crippen molar-refractivity contribution < 1.29 is 28.0 Å². The number of carboxylic acids is 1. The van der Waals surface area contributed by atoms with Gasteiger partial charge in [0.15, 0.2) is 11.0 Å². The Hall–Kier alpha value is -1.75. The van der Waals surface area contributed by atoms with Crippen molar-refractivity contribution in [1.29, 1.82) is 0 Å². The second-order valence-corrected chi connectivity index (χ2v) is 5.96. The molecule has 0 heterocycles. The molecule has 0 saturated heterocycles. The lowest BCUT2D eigenvalue weighted by Gasteiger charge is -2.12. The second kappa shape index (κ2) is 6.80. The summed E-state index contributed by atoms with van der Waals surface area (Å²) in [5.74, 6) is -1.37. The quantitative estimate of drug-likeness (QED) is 0.549. The van der Waals surface area contributed by atoms with Gasteiger partial charge in [-0.25, -0.2) is 17.9 Å². The summed E-state index contributed by atoms with van der Waals surface area (Å²) >= 11 is 5.59. The molecule has 0 aliphatic heterocycles. The summed E-state index contributed by atoms with van der Waals surface area (Å²) in [4.78, 5) is 20.1. The predicted molar refractivity (Wildman–Crippen MR) is 71.7 cm³/mol. The maximum absolute atomic E-state index is 12.0. The Morgan fingerprint density at radius 3 is 2.67 bits per heavy atom. The number of carboxylic acid groups (broad SMARTS) is 1. The zero-order valence-corrected chi connectivity index (χ0v) is 12.2. The monoisotopic (exact) mass is 338 g/mol. The Morgan fingerprint density at radius 1 is 1.57 bits per heavy atom. The van der Waals surface area contributed by atoms with Gasteiger partial charge in [-0.2, -0.15) is 0 Å². The predicted octanol–water partition coefficient (Wildman–Crippen LogP) is 0.626. The molecular formula is C10H11ClN2O7S. The van der Waals surface area contributed by atoms with Gasteiger partial charge in [-0.15, -0.1) is 0 Å². The summed E-state index contributed by atoms with van der Waals surface area (Å²) in [5, 5.41) is 19.6. The van der Waals surface area contributed by atoms with Gasteiger partial charge in [0, 0.05) is 24.7 Å². The minimum absolute atomic E-state index is 0.000883. The minimum atomic E-state index is -4.29. The molecule has 0 radical (unpaired) electrons. The van der Waals surface area contributed by atoms with Crippen molar-refractivity contribution in [3.05, 3.63) is 33.3 Å². The second-order valence-electron chi connectivity index (χ2n) is 3.78. The number of sulfonamides is 1. The summed E-state index contributed by atoms with van der Waals surface area (Å²) in [7, 11) is -3.19. The van der Waals surface area contributed by atoms with Gasteiger partial charge in [-0.05, 0) is 12.1 Å². The van der Waals surface area contributed by atoms with Crippen LogP contribution < -0.4 is 4.72 Å². The van der Waals surface area contributed by atoms with E-state index in [1.54, 1.807) is 0 Å². The zero-order chi connectivity index (χ0) is 16.2. The molecule has 9 nitrogen and oxygen atoms in total. The summed E-state index contributed by atoms with van der Waals surface area (Å²) in [6, 6.07) is 3.03. The first-order chi connectivity index (χ1) is 9.69. The fourth-order valence-electron chi connectivity index (χ4n) is 1.40. The molecule has 1 unspecified atom stereocenters. The summed E-state index contributed by atoms with van der Waals surface area (Å²) < 4.78 is 30.5. The lowest BCUT2D eigenvalue weighted by Crippen LogP contribution is -2.37. The number of rotatable bonds is 7. The highest BCUT2D eigenvalue weighted by atomic mass is 35.5. The topological polar surface area (TPSA) is 136 Å². The van der Waals surface area contributed by atoms with Gasteiger partial charge in [-0.3, -0.25) is 10.1 Å². The van der Waals surface area contributed by atoms with Crippen LogP contribution in [0.1, 0.15) is 0 Å². The smallest absolute Gasteiger partial charge is 0.334 e. The van der Waals surface area contributed by atoms with E-state index in [1.807, 2.05) is 4.72 Å². The first-order valence-corrected chi connectivity index (χ1v) is 7.24. The third-order valence-corrected chi connectivity index (χ3v) is 4.13. The van der Waals surface area contributed by atoms with E-state index in [9.17, 15) is 23.3 Å². The van der Waals surface area contributed by atoms with Gasteiger partial charge in [0.25, 0.3) is 5.69 Å². The summed E-state index contributed by atoms with van der Waals surface area (Å²) in [5.41, 5.74) is -0.709. The fraction of sp³-hybridized carbons (Fsp3) is 0.300. The number of halogens is 1. The molecule has 0 aliphatic rings. The standard InChI is InChI=1S/C10H11ClN2O7S/c1-20-8(10(14)15)5-12-21(18,19)9-3-2-6(11)4-7(9)13(16)17/h2-4,8,12H,5H2,1H3,(H,14,15). The molecule has 1 aromatic rings. The SMILES string of the molecule is COC(CNS(=O)(=O)c1ccc(Cl)cc1[N+](=O)[O-])C(=O)O. The largest absolute Gasteiger partial charge is 0.479 e. The normalized spacial score (nSPS) is 12.9. The molecule has 0 aliphatic carbocycles. The average Bonchev–Trinajstić information content (AvgIpc) is 2.38. The van der Waals surface area contributed by atoms with E-state index in [4.69, 9.17) is 16.7 Å². The molecule has 116 valence electrons. The van der Waals surface area contributed by atoms with Crippen molar-refractivity contribution in [3.8, 4) is 0 Å². The van der Waals surface area contributed by atoms with Crippen LogP contribution in [0.3, 0.4) is 0 Å².